The van der Waals surface area contributed by atoms with Crippen LogP contribution < -0.4 is 11.5 Å². The average molecular weight is 194 g/mol. The fourth-order valence-electron chi connectivity index (χ4n) is 0.524. The Bertz CT molecular complexity index is 109. The van der Waals surface area contributed by atoms with Gasteiger partial charge in [0.25, 0.3) is 0 Å². The number of rotatable bonds is 6. The molecule has 0 bridgehead atoms. The quantitative estimate of drug-likeness (QED) is 0.588. The van der Waals surface area contributed by atoms with Gasteiger partial charge in [0.1, 0.15) is 6.61 Å². The molecular weight excluding hydrogens is 176 g/mol. The van der Waals surface area contributed by atoms with Gasteiger partial charge in [0.15, 0.2) is 0 Å². The third-order valence-corrected chi connectivity index (χ3v) is 1.10. The first-order chi connectivity index (χ1) is 5.81. The summed E-state index contributed by atoms with van der Waals surface area (Å²) in [5.74, 6) is 0. The van der Waals surface area contributed by atoms with Gasteiger partial charge in [-0.3, -0.25) is 0 Å². The van der Waals surface area contributed by atoms with Crippen LogP contribution >= 0.6 is 0 Å². The van der Waals surface area contributed by atoms with Crippen molar-refractivity contribution in [2.75, 3.05) is 40.6 Å². The van der Waals surface area contributed by atoms with E-state index in [0.29, 0.717) is 19.8 Å². The molecule has 0 aromatic rings. The molecule has 0 spiro atoms. The molecule has 0 saturated heterocycles. The monoisotopic (exact) mass is 194 g/mol. The maximum Gasteiger partial charge on any atom is 0.407 e. The third kappa shape index (κ3) is 11.1. The van der Waals surface area contributed by atoms with Crippen molar-refractivity contribution in [2.45, 2.75) is 0 Å². The van der Waals surface area contributed by atoms with Crippen LogP contribution in [0.4, 0.5) is 4.79 Å². The molecule has 0 heterocycles. The van der Waals surface area contributed by atoms with Crippen molar-refractivity contribution in [2.24, 2.45) is 0 Å². The lowest BCUT2D eigenvalue weighted by Gasteiger charge is -2.05. The smallest absolute Gasteiger partial charge is 0.407 e. The minimum atomic E-state index is -0.441. The zero-order valence-corrected chi connectivity index (χ0v) is 8.17. The van der Waals surface area contributed by atoms with E-state index in [4.69, 9.17) is 9.47 Å². The summed E-state index contributed by atoms with van der Waals surface area (Å²) in [4.78, 5) is 10.7. The molecule has 6 nitrogen and oxygen atoms in total. The van der Waals surface area contributed by atoms with Gasteiger partial charge in [0, 0.05) is 20.8 Å². The minimum Gasteiger partial charge on any atom is -0.447 e. The second kappa shape index (κ2) is 11.2. The molecule has 0 aromatic carbocycles. The van der Waals surface area contributed by atoms with Gasteiger partial charge in [0.05, 0.1) is 13.2 Å². The molecule has 0 fully saturated rings. The highest BCUT2D eigenvalue weighted by molar-refractivity contribution is 5.66. The number of methoxy groups -OCH3 is 2. The van der Waals surface area contributed by atoms with E-state index >= 15 is 0 Å². The Labute approximate surface area is 78.1 Å². The van der Waals surface area contributed by atoms with E-state index in [-0.39, 0.29) is 12.8 Å². The second-order valence-corrected chi connectivity index (χ2v) is 2.05. The van der Waals surface area contributed by atoms with Gasteiger partial charge in [-0.25, -0.2) is 4.79 Å². The first-order valence-electron chi connectivity index (χ1n) is 3.69. The van der Waals surface area contributed by atoms with Gasteiger partial charge < -0.3 is 25.7 Å². The molecule has 0 aliphatic carbocycles. The highest BCUT2D eigenvalue weighted by Gasteiger charge is 1.98. The van der Waals surface area contributed by atoms with Crippen molar-refractivity contribution in [1.29, 1.82) is 0 Å². The molecule has 0 aliphatic rings. The molecule has 1 amide bonds. The Hall–Kier alpha value is -0.850. The molecule has 0 atom stereocenters. The zero-order chi connectivity index (χ0) is 9.23. The molecule has 0 unspecified atom stereocenters. The normalized spacial score (nSPS) is 8.77. The summed E-state index contributed by atoms with van der Waals surface area (Å²) in [6, 6.07) is 0. The molecule has 0 rings (SSSR count). The SMILES string of the molecule is COCCNC(=O)OCCOC.N. The Morgan fingerprint density at radius 2 is 1.77 bits per heavy atom. The Morgan fingerprint density at radius 1 is 1.15 bits per heavy atom. The van der Waals surface area contributed by atoms with Crippen LogP contribution in [-0.2, 0) is 14.2 Å². The van der Waals surface area contributed by atoms with E-state index in [1.54, 1.807) is 14.2 Å². The van der Waals surface area contributed by atoms with Crippen molar-refractivity contribution in [3.05, 3.63) is 0 Å². The van der Waals surface area contributed by atoms with Crippen LogP contribution in [-0.4, -0.2) is 46.7 Å². The molecule has 0 aromatic heterocycles. The predicted molar refractivity (Wildman–Crippen MR) is 48.1 cm³/mol. The van der Waals surface area contributed by atoms with Crippen molar-refractivity contribution in [3.8, 4) is 0 Å². The summed E-state index contributed by atoms with van der Waals surface area (Å²) in [6.45, 7) is 1.63. The zero-order valence-electron chi connectivity index (χ0n) is 8.17. The van der Waals surface area contributed by atoms with Gasteiger partial charge in [-0.15, -0.1) is 0 Å². The third-order valence-electron chi connectivity index (χ3n) is 1.10. The second-order valence-electron chi connectivity index (χ2n) is 2.05. The molecule has 80 valence electrons. The van der Waals surface area contributed by atoms with E-state index in [9.17, 15) is 4.79 Å². The average Bonchev–Trinajstić information content (AvgIpc) is 2.06. The molecule has 4 N–H and O–H groups in total. The molecular formula is C7H18N2O4. The number of alkyl carbamates (subject to hydrolysis) is 1. The summed E-state index contributed by atoms with van der Waals surface area (Å²) >= 11 is 0. The number of hydrogen-bond acceptors (Lipinski definition) is 5. The summed E-state index contributed by atoms with van der Waals surface area (Å²) in [7, 11) is 3.12. The predicted octanol–water partition coefficient (Wildman–Crippen LogP) is 0.167. The lowest BCUT2D eigenvalue weighted by Crippen LogP contribution is -2.28. The number of nitrogens with one attached hydrogen (secondary N) is 1. The summed E-state index contributed by atoms with van der Waals surface area (Å²) in [5, 5.41) is 2.50. The molecule has 0 radical (unpaired) electrons. The van der Waals surface area contributed by atoms with Crippen LogP contribution in [0.25, 0.3) is 0 Å². The lowest BCUT2D eigenvalue weighted by atomic mass is 10.7. The van der Waals surface area contributed by atoms with E-state index < -0.39 is 6.09 Å². The van der Waals surface area contributed by atoms with Crippen LogP contribution in [0.3, 0.4) is 0 Å². The fraction of sp³-hybridized carbons (Fsp3) is 0.857. The van der Waals surface area contributed by atoms with E-state index in [1.165, 1.54) is 0 Å². The number of amides is 1. The maximum absolute atomic E-state index is 10.7. The van der Waals surface area contributed by atoms with E-state index in [2.05, 4.69) is 10.1 Å². The molecule has 13 heavy (non-hydrogen) atoms. The highest BCUT2D eigenvalue weighted by Crippen LogP contribution is 1.77. The van der Waals surface area contributed by atoms with Crippen molar-refractivity contribution < 1.29 is 19.0 Å². The van der Waals surface area contributed by atoms with Gasteiger partial charge in [-0.1, -0.05) is 0 Å². The highest BCUT2D eigenvalue weighted by atomic mass is 16.6. The van der Waals surface area contributed by atoms with Crippen LogP contribution in [0.2, 0.25) is 0 Å². The summed E-state index contributed by atoms with van der Waals surface area (Å²) < 4.78 is 14.1. The Morgan fingerprint density at radius 3 is 2.31 bits per heavy atom. The summed E-state index contributed by atoms with van der Waals surface area (Å²) in [6.07, 6.45) is -0.441. The van der Waals surface area contributed by atoms with Crippen molar-refractivity contribution in [1.82, 2.24) is 11.5 Å². The molecule has 6 heteroatoms. The van der Waals surface area contributed by atoms with Crippen molar-refractivity contribution in [3.63, 3.8) is 0 Å². The topological polar surface area (TPSA) is 91.8 Å². The van der Waals surface area contributed by atoms with E-state index in [1.807, 2.05) is 0 Å². The minimum absolute atomic E-state index is 0. The van der Waals surface area contributed by atoms with Crippen LogP contribution in [0.5, 0.6) is 0 Å². The largest absolute Gasteiger partial charge is 0.447 e. The van der Waals surface area contributed by atoms with Crippen LogP contribution in [0, 0.1) is 0 Å². The van der Waals surface area contributed by atoms with Gasteiger partial charge >= 0.3 is 6.09 Å². The van der Waals surface area contributed by atoms with Gasteiger partial charge in [-0.05, 0) is 0 Å². The number of hydrogen-bond donors (Lipinski definition) is 2. The van der Waals surface area contributed by atoms with E-state index in [0.717, 1.165) is 0 Å². The Balaban J connectivity index is 0. The lowest BCUT2D eigenvalue weighted by molar-refractivity contribution is 0.0964. The fourth-order valence-corrected chi connectivity index (χ4v) is 0.524. The van der Waals surface area contributed by atoms with Crippen LogP contribution in [0.15, 0.2) is 0 Å². The van der Waals surface area contributed by atoms with Gasteiger partial charge in [-0.2, -0.15) is 0 Å². The summed E-state index contributed by atoms with van der Waals surface area (Å²) in [5.41, 5.74) is 0. The number of carbonyl (C=O) groups is 1. The van der Waals surface area contributed by atoms with Crippen LogP contribution in [0.1, 0.15) is 0 Å². The Kier molecular flexibility index (Phi) is 12.6. The standard InChI is InChI=1S/C7H15NO4.H3N/c1-10-4-3-8-7(9)12-6-5-11-2;/h3-6H2,1-2H3,(H,8,9);1H3. The first-order valence-corrected chi connectivity index (χ1v) is 3.69. The molecule has 0 saturated carbocycles. The maximum atomic E-state index is 10.7. The van der Waals surface area contributed by atoms with Gasteiger partial charge in [0.2, 0.25) is 0 Å². The van der Waals surface area contributed by atoms with Crippen molar-refractivity contribution >= 4 is 6.09 Å². The number of carbonyl (C=O) groups excluding carboxylic acids is 1. The first kappa shape index (κ1) is 14.7. The number of ether oxygens (including phenoxy) is 3. The molecule has 0 aliphatic heterocycles.